The number of fused-ring (bicyclic) bond motifs is 1. The van der Waals surface area contributed by atoms with Gasteiger partial charge in [0.15, 0.2) is 0 Å². The summed E-state index contributed by atoms with van der Waals surface area (Å²) < 4.78 is 16.2. The number of methoxy groups -OCH3 is 1. The lowest BCUT2D eigenvalue weighted by molar-refractivity contribution is -0.232. The minimum atomic E-state index is -1.45. The van der Waals surface area contributed by atoms with Crippen molar-refractivity contribution in [2.75, 3.05) is 20.3 Å². The van der Waals surface area contributed by atoms with E-state index in [0.29, 0.717) is 22.8 Å². The first-order valence-electron chi connectivity index (χ1n) is 14.1. The summed E-state index contributed by atoms with van der Waals surface area (Å²) >= 11 is 8.35. The van der Waals surface area contributed by atoms with Gasteiger partial charge in [0.05, 0.1) is 26.4 Å². The van der Waals surface area contributed by atoms with E-state index in [1.807, 2.05) is 17.4 Å². The van der Waals surface area contributed by atoms with Crippen molar-refractivity contribution in [1.82, 2.24) is 0 Å². The normalized spacial score (nSPS) is 34.7. The van der Waals surface area contributed by atoms with Gasteiger partial charge in [-0.3, -0.25) is 0 Å². The predicted molar refractivity (Wildman–Crippen MR) is 154 cm³/mol. The first kappa shape index (κ1) is 33.5. The molecule has 13 heteroatoms. The molecular formula is C29H41ClO11S. The number of hydrogen-bond donors (Lipinski definition) is 8. The molecular weight excluding hydrogens is 592 g/mol. The number of ether oxygens (including phenoxy) is 3. The zero-order valence-electron chi connectivity index (χ0n) is 23.5. The third kappa shape index (κ3) is 7.12. The molecule has 5 rings (SSSR count). The summed E-state index contributed by atoms with van der Waals surface area (Å²) in [5.74, 6) is 0.415. The zero-order valence-corrected chi connectivity index (χ0v) is 25.1. The Morgan fingerprint density at radius 1 is 0.833 bits per heavy atom. The molecule has 42 heavy (non-hydrogen) atoms. The van der Waals surface area contributed by atoms with Gasteiger partial charge in [0.2, 0.25) is 0 Å². The van der Waals surface area contributed by atoms with E-state index >= 15 is 0 Å². The second-order valence-electron chi connectivity index (χ2n) is 11.0. The molecule has 2 saturated heterocycles. The second-order valence-corrected chi connectivity index (χ2v) is 12.6. The number of benzene rings is 1. The molecule has 10 atom stereocenters. The summed E-state index contributed by atoms with van der Waals surface area (Å²) in [6.07, 6.45) is -5.76. The lowest BCUT2D eigenvalue weighted by atomic mass is 9.89. The molecule has 2 aromatic rings. The molecule has 1 aromatic carbocycles. The number of hydrogen-bond acceptors (Lipinski definition) is 12. The van der Waals surface area contributed by atoms with Gasteiger partial charge in [0.1, 0.15) is 60.7 Å². The van der Waals surface area contributed by atoms with Crippen LogP contribution in [0.2, 0.25) is 5.02 Å². The van der Waals surface area contributed by atoms with Crippen molar-refractivity contribution in [3.63, 3.8) is 0 Å². The lowest BCUT2D eigenvalue weighted by Crippen LogP contribution is -2.57. The fourth-order valence-electron chi connectivity index (χ4n) is 5.63. The highest BCUT2D eigenvalue weighted by molar-refractivity contribution is 7.12. The minimum Gasteiger partial charge on any atom is -0.496 e. The van der Waals surface area contributed by atoms with Crippen LogP contribution in [0.3, 0.4) is 0 Å². The molecule has 0 saturated carbocycles. The maximum atomic E-state index is 10.6. The van der Waals surface area contributed by atoms with Gasteiger partial charge in [-0.1, -0.05) is 11.6 Å². The zero-order chi connectivity index (χ0) is 30.7. The first-order chi connectivity index (χ1) is 20.0. The van der Waals surface area contributed by atoms with Gasteiger partial charge >= 0.3 is 0 Å². The van der Waals surface area contributed by atoms with Crippen molar-refractivity contribution in [2.24, 2.45) is 0 Å². The highest BCUT2D eigenvalue weighted by Gasteiger charge is 2.45. The number of thiophene rings is 1. The third-order valence-corrected chi connectivity index (χ3v) is 9.73. The van der Waals surface area contributed by atoms with E-state index in [0.717, 1.165) is 18.4 Å². The van der Waals surface area contributed by atoms with Crippen molar-refractivity contribution in [2.45, 2.75) is 100 Å². The quantitative estimate of drug-likeness (QED) is 0.218. The Morgan fingerprint density at radius 2 is 1.45 bits per heavy atom. The van der Waals surface area contributed by atoms with Crippen LogP contribution in [-0.2, 0) is 28.7 Å². The summed E-state index contributed by atoms with van der Waals surface area (Å²) in [4.78, 5) is 2.68. The van der Waals surface area contributed by atoms with Crippen molar-refractivity contribution in [3.05, 3.63) is 49.7 Å². The van der Waals surface area contributed by atoms with E-state index in [4.69, 9.17) is 30.9 Å². The number of aryl methyl sites for hydroxylation is 2. The maximum absolute atomic E-state index is 10.6. The van der Waals surface area contributed by atoms with E-state index in [2.05, 4.69) is 6.07 Å². The third-order valence-electron chi connectivity index (χ3n) is 8.14. The van der Waals surface area contributed by atoms with E-state index in [1.54, 1.807) is 13.0 Å². The molecule has 2 fully saturated rings. The highest BCUT2D eigenvalue weighted by atomic mass is 35.5. The Hall–Kier alpha value is -1.39. The van der Waals surface area contributed by atoms with Gasteiger partial charge < -0.3 is 55.1 Å². The highest BCUT2D eigenvalue weighted by Crippen LogP contribution is 2.40. The summed E-state index contributed by atoms with van der Waals surface area (Å²) in [6, 6.07) is 5.76. The van der Waals surface area contributed by atoms with Crippen LogP contribution in [-0.4, -0.2) is 116 Å². The van der Waals surface area contributed by atoms with E-state index in [1.165, 1.54) is 35.3 Å². The Kier molecular flexibility index (Phi) is 11.6. The van der Waals surface area contributed by atoms with Crippen LogP contribution in [0.25, 0.3) is 0 Å². The topological polar surface area (TPSA) is 190 Å². The van der Waals surface area contributed by atoms with E-state index in [-0.39, 0.29) is 6.61 Å². The van der Waals surface area contributed by atoms with Crippen LogP contribution in [0.5, 0.6) is 5.75 Å². The molecule has 3 aliphatic rings. The molecule has 0 bridgehead atoms. The van der Waals surface area contributed by atoms with Gasteiger partial charge in [-0.2, -0.15) is 0 Å². The van der Waals surface area contributed by atoms with Gasteiger partial charge in [-0.25, -0.2) is 0 Å². The molecule has 236 valence electrons. The Labute approximate surface area is 253 Å². The van der Waals surface area contributed by atoms with Crippen molar-refractivity contribution < 1.29 is 55.1 Å². The average Bonchev–Trinajstić information content (AvgIpc) is 3.40. The number of halogens is 1. The molecule has 11 nitrogen and oxygen atoms in total. The van der Waals surface area contributed by atoms with Gasteiger partial charge in [0.25, 0.3) is 0 Å². The monoisotopic (exact) mass is 632 g/mol. The molecule has 2 aliphatic heterocycles. The molecule has 0 amide bonds. The van der Waals surface area contributed by atoms with Crippen LogP contribution in [0.1, 0.15) is 52.3 Å². The van der Waals surface area contributed by atoms with Gasteiger partial charge in [-0.15, -0.1) is 11.3 Å². The standard InChI is InChI=1S/C22H27ClO6S.C7H14O5/c1-28-16-9-15(23)12(7-13-6-11-4-2-3-5-18(11)30-13)8-14(16)22-21(27)20(26)19(25)17(10-24)29-22;1-3-5(9)7(11)6(10)4(2-8)12-3/h6,8-9,17,19-22,24-27H,2-5,7,10H2,1H3;3-11H,2H2,1H3/t17-,19-,20+,21-,22+;3-,4+,5-,6+,7+/m10/s1. The Balaban J connectivity index is 0.000000283. The first-order valence-corrected chi connectivity index (χ1v) is 15.3. The molecule has 1 aliphatic carbocycles. The SMILES string of the molecule is COc1cc(Cl)c(Cc2cc3c(s2)CCCC3)cc1[C@@H]1O[C@H](CO)[C@@H](O)[C@H](O)[C@H]1O.C[C@@H]1O[C@H](CO)[C@@H](O)[C@H](O)[C@H]1O. The van der Waals surface area contributed by atoms with Crippen LogP contribution in [0.4, 0.5) is 0 Å². The summed E-state index contributed by atoms with van der Waals surface area (Å²) in [7, 11) is 1.49. The summed E-state index contributed by atoms with van der Waals surface area (Å²) in [5.41, 5.74) is 2.82. The lowest BCUT2D eigenvalue weighted by Gasteiger charge is -2.40. The van der Waals surface area contributed by atoms with Crippen molar-refractivity contribution in [1.29, 1.82) is 0 Å². The summed E-state index contributed by atoms with van der Waals surface area (Å²) in [6.45, 7) is 0.725. The molecule has 1 aromatic heterocycles. The van der Waals surface area contributed by atoms with Crippen LogP contribution < -0.4 is 4.74 Å². The van der Waals surface area contributed by atoms with Crippen molar-refractivity contribution >= 4 is 22.9 Å². The number of rotatable bonds is 6. The van der Waals surface area contributed by atoms with Gasteiger partial charge in [-0.05, 0) is 61.9 Å². The molecule has 0 radical (unpaired) electrons. The Bertz CT molecular complexity index is 1150. The van der Waals surface area contributed by atoms with Crippen LogP contribution in [0.15, 0.2) is 18.2 Å². The van der Waals surface area contributed by atoms with Crippen LogP contribution >= 0.6 is 22.9 Å². The minimum absolute atomic E-state index is 0.366. The fourth-order valence-corrected chi connectivity index (χ4v) is 7.13. The van der Waals surface area contributed by atoms with Crippen molar-refractivity contribution in [3.8, 4) is 5.75 Å². The molecule has 0 unspecified atom stereocenters. The second kappa shape index (κ2) is 14.6. The average molecular weight is 633 g/mol. The van der Waals surface area contributed by atoms with E-state index < -0.39 is 67.6 Å². The largest absolute Gasteiger partial charge is 0.496 e. The van der Waals surface area contributed by atoms with Crippen LogP contribution in [0, 0.1) is 0 Å². The predicted octanol–water partition coefficient (Wildman–Crippen LogP) is 0.243. The maximum Gasteiger partial charge on any atom is 0.126 e. The number of aliphatic hydroxyl groups excluding tert-OH is 8. The Morgan fingerprint density at radius 3 is 2.07 bits per heavy atom. The fraction of sp³-hybridized carbons (Fsp3) is 0.655. The summed E-state index contributed by atoms with van der Waals surface area (Å²) in [5, 5.41) is 77.2. The van der Waals surface area contributed by atoms with E-state index in [9.17, 15) is 35.7 Å². The van der Waals surface area contributed by atoms with Gasteiger partial charge in [0, 0.05) is 26.8 Å². The molecule has 8 N–H and O–H groups in total. The smallest absolute Gasteiger partial charge is 0.126 e. The number of aliphatic hydroxyl groups is 8. The molecule has 0 spiro atoms. The molecule has 3 heterocycles.